The summed E-state index contributed by atoms with van der Waals surface area (Å²) in [5, 5.41) is 3.64. The van der Waals surface area contributed by atoms with Crippen LogP contribution in [0.3, 0.4) is 0 Å². The van der Waals surface area contributed by atoms with Crippen LogP contribution in [0.4, 0.5) is 10.7 Å². The van der Waals surface area contributed by atoms with Gasteiger partial charge in [-0.3, -0.25) is 0 Å². The summed E-state index contributed by atoms with van der Waals surface area (Å²) >= 11 is 5.88. The molecule has 0 fully saturated rings. The predicted molar refractivity (Wildman–Crippen MR) is 96.2 cm³/mol. The third-order valence-electron chi connectivity index (χ3n) is 3.57. The first-order valence-corrected chi connectivity index (χ1v) is 8.00. The zero-order valence-electron chi connectivity index (χ0n) is 14.3. The Hall–Kier alpha value is -2.34. The first kappa shape index (κ1) is 18.0. The van der Waals surface area contributed by atoms with Crippen molar-refractivity contribution in [3.8, 4) is 0 Å². The van der Waals surface area contributed by atoms with Gasteiger partial charge in [-0.1, -0.05) is 23.7 Å². The lowest BCUT2D eigenvalue weighted by Gasteiger charge is -2.21. The van der Waals surface area contributed by atoms with E-state index in [-0.39, 0.29) is 12.1 Å². The van der Waals surface area contributed by atoms with Gasteiger partial charge in [-0.2, -0.15) is 0 Å². The summed E-state index contributed by atoms with van der Waals surface area (Å²) in [5.41, 5.74) is 1.87. The van der Waals surface area contributed by atoms with Crippen LogP contribution >= 0.6 is 11.6 Å². The highest BCUT2D eigenvalue weighted by Gasteiger charge is 2.14. The maximum atomic E-state index is 12.3. The number of nitrogens with zero attached hydrogens (tertiary/aromatic N) is 4. The van der Waals surface area contributed by atoms with Crippen molar-refractivity contribution < 1.29 is 4.79 Å². The first-order valence-electron chi connectivity index (χ1n) is 7.62. The zero-order chi connectivity index (χ0) is 17.7. The summed E-state index contributed by atoms with van der Waals surface area (Å²) in [6.45, 7) is 2.37. The van der Waals surface area contributed by atoms with Crippen LogP contribution in [0.25, 0.3) is 0 Å². The fourth-order valence-corrected chi connectivity index (χ4v) is 2.26. The highest BCUT2D eigenvalue weighted by Crippen LogP contribution is 2.16. The molecule has 1 aromatic heterocycles. The summed E-state index contributed by atoms with van der Waals surface area (Å²) in [7, 11) is 5.50. The molecule has 2 aromatic rings. The van der Waals surface area contributed by atoms with E-state index in [4.69, 9.17) is 11.6 Å². The Morgan fingerprint density at radius 2 is 1.75 bits per heavy atom. The number of hydrogen-bond donors (Lipinski definition) is 1. The van der Waals surface area contributed by atoms with Crippen molar-refractivity contribution >= 4 is 23.6 Å². The largest absolute Gasteiger partial charge is 0.347 e. The van der Waals surface area contributed by atoms with E-state index in [2.05, 4.69) is 15.3 Å². The molecule has 7 heteroatoms. The van der Waals surface area contributed by atoms with Gasteiger partial charge in [0, 0.05) is 44.1 Å². The molecule has 2 rings (SSSR count). The Kier molecular flexibility index (Phi) is 5.98. The molecule has 0 aliphatic heterocycles. The van der Waals surface area contributed by atoms with Crippen molar-refractivity contribution in [2.45, 2.75) is 19.5 Å². The molecule has 1 N–H and O–H groups in total. The molecule has 0 aliphatic rings. The average Bonchev–Trinajstić information content (AvgIpc) is 2.55. The van der Waals surface area contributed by atoms with Crippen LogP contribution in [-0.2, 0) is 6.54 Å². The van der Waals surface area contributed by atoms with Gasteiger partial charge >= 0.3 is 6.03 Å². The lowest BCUT2D eigenvalue weighted by Crippen LogP contribution is -2.38. The minimum Gasteiger partial charge on any atom is -0.347 e. The van der Waals surface area contributed by atoms with Crippen molar-refractivity contribution in [1.82, 2.24) is 20.2 Å². The van der Waals surface area contributed by atoms with Gasteiger partial charge in [0.1, 0.15) is 0 Å². The second kappa shape index (κ2) is 7.97. The fraction of sp³-hybridized carbons (Fsp3) is 0.353. The second-order valence-corrected chi connectivity index (χ2v) is 6.30. The highest BCUT2D eigenvalue weighted by molar-refractivity contribution is 6.30. The molecule has 128 valence electrons. The maximum Gasteiger partial charge on any atom is 0.317 e. The van der Waals surface area contributed by atoms with E-state index < -0.39 is 0 Å². The Morgan fingerprint density at radius 3 is 2.29 bits per heavy atom. The van der Waals surface area contributed by atoms with Gasteiger partial charge in [-0.15, -0.1) is 0 Å². The number of hydrogen-bond acceptors (Lipinski definition) is 4. The smallest absolute Gasteiger partial charge is 0.317 e. The molecule has 6 nitrogen and oxygen atoms in total. The van der Waals surface area contributed by atoms with E-state index in [1.54, 1.807) is 24.3 Å². The van der Waals surface area contributed by atoms with Crippen molar-refractivity contribution in [3.05, 3.63) is 52.8 Å². The SMILES string of the molecule is C[C@@H](NC(=O)N(C)Cc1cnc(N(C)C)nc1)c1ccc(Cl)cc1. The lowest BCUT2D eigenvalue weighted by molar-refractivity contribution is 0.203. The van der Waals surface area contributed by atoms with Gasteiger partial charge < -0.3 is 15.1 Å². The van der Waals surface area contributed by atoms with E-state index in [1.165, 1.54) is 0 Å². The molecule has 1 aromatic carbocycles. The number of carbonyl (C=O) groups excluding carboxylic acids is 1. The Morgan fingerprint density at radius 1 is 1.17 bits per heavy atom. The predicted octanol–water partition coefficient (Wildman–Crippen LogP) is 3.10. The van der Waals surface area contributed by atoms with Gasteiger partial charge in [0.15, 0.2) is 0 Å². The number of halogens is 1. The normalized spacial score (nSPS) is 11.7. The molecule has 0 unspecified atom stereocenters. The van der Waals surface area contributed by atoms with Crippen LogP contribution in [0.15, 0.2) is 36.7 Å². The van der Waals surface area contributed by atoms with Crippen LogP contribution in [0.2, 0.25) is 5.02 Å². The van der Waals surface area contributed by atoms with Crippen molar-refractivity contribution in [3.63, 3.8) is 0 Å². The number of nitrogens with one attached hydrogen (secondary N) is 1. The Bertz CT molecular complexity index is 672. The molecule has 0 saturated heterocycles. The second-order valence-electron chi connectivity index (χ2n) is 5.86. The molecule has 24 heavy (non-hydrogen) atoms. The van der Waals surface area contributed by atoms with Crippen LogP contribution in [0.5, 0.6) is 0 Å². The third kappa shape index (κ3) is 4.83. The molecular formula is C17H22ClN5O. The highest BCUT2D eigenvalue weighted by atomic mass is 35.5. The van der Waals surface area contributed by atoms with Gasteiger partial charge in [0.2, 0.25) is 5.95 Å². The molecule has 0 bridgehead atoms. The summed E-state index contributed by atoms with van der Waals surface area (Å²) in [5.74, 6) is 0.641. The van der Waals surface area contributed by atoms with Crippen LogP contribution in [0, 0.1) is 0 Å². The summed E-state index contributed by atoms with van der Waals surface area (Å²) in [6.07, 6.45) is 3.46. The maximum absolute atomic E-state index is 12.3. The molecular weight excluding hydrogens is 326 g/mol. The van der Waals surface area contributed by atoms with E-state index >= 15 is 0 Å². The summed E-state index contributed by atoms with van der Waals surface area (Å²) < 4.78 is 0. The Balaban J connectivity index is 1.92. The van der Waals surface area contributed by atoms with Crippen molar-refractivity contribution in [2.75, 3.05) is 26.0 Å². The van der Waals surface area contributed by atoms with E-state index in [1.807, 2.05) is 50.2 Å². The van der Waals surface area contributed by atoms with E-state index in [0.29, 0.717) is 17.5 Å². The average molecular weight is 348 g/mol. The molecule has 1 atom stereocenters. The number of urea groups is 1. The van der Waals surface area contributed by atoms with Gasteiger partial charge in [-0.05, 0) is 24.6 Å². The number of benzene rings is 1. The van der Waals surface area contributed by atoms with Crippen LogP contribution in [0.1, 0.15) is 24.1 Å². The summed E-state index contributed by atoms with van der Waals surface area (Å²) in [6, 6.07) is 7.17. The molecule has 0 spiro atoms. The van der Waals surface area contributed by atoms with Crippen molar-refractivity contribution in [2.24, 2.45) is 0 Å². The molecule has 0 saturated carbocycles. The Labute approximate surface area is 147 Å². The van der Waals surface area contributed by atoms with Gasteiger partial charge in [0.25, 0.3) is 0 Å². The molecule has 2 amide bonds. The van der Waals surface area contributed by atoms with Crippen LogP contribution < -0.4 is 10.2 Å². The fourth-order valence-electron chi connectivity index (χ4n) is 2.14. The summed E-state index contributed by atoms with van der Waals surface area (Å²) in [4.78, 5) is 24.2. The lowest BCUT2D eigenvalue weighted by atomic mass is 10.1. The monoisotopic (exact) mass is 347 g/mol. The number of aromatic nitrogens is 2. The third-order valence-corrected chi connectivity index (χ3v) is 3.82. The van der Waals surface area contributed by atoms with E-state index in [0.717, 1.165) is 11.1 Å². The first-order chi connectivity index (χ1) is 11.4. The quantitative estimate of drug-likeness (QED) is 0.902. The van der Waals surface area contributed by atoms with Gasteiger partial charge in [0.05, 0.1) is 12.6 Å². The minimum absolute atomic E-state index is 0.107. The van der Waals surface area contributed by atoms with Crippen LogP contribution in [-0.4, -0.2) is 42.0 Å². The zero-order valence-corrected chi connectivity index (χ0v) is 15.1. The van der Waals surface area contributed by atoms with Crippen molar-refractivity contribution in [1.29, 1.82) is 0 Å². The number of anilines is 1. The van der Waals surface area contributed by atoms with Gasteiger partial charge in [-0.25, -0.2) is 14.8 Å². The molecule has 0 aliphatic carbocycles. The van der Waals surface area contributed by atoms with E-state index in [9.17, 15) is 4.79 Å². The standard InChI is InChI=1S/C17H22ClN5O/c1-12(14-5-7-15(18)8-6-14)21-17(24)23(4)11-13-9-19-16(20-10-13)22(2)3/h5-10,12H,11H2,1-4H3,(H,21,24)/t12-/m1/s1. The molecule has 1 heterocycles. The number of amides is 2. The number of rotatable bonds is 5. The topological polar surface area (TPSA) is 61.4 Å². The minimum atomic E-state index is -0.158. The number of carbonyl (C=O) groups is 1. The molecule has 0 radical (unpaired) electrons.